The lowest BCUT2D eigenvalue weighted by Crippen LogP contribution is -2.26. The molecule has 0 amide bonds. The SMILES string of the molecule is C=C(Cl)CNS(=O)(=O)c1cc(N)c(F)cc1F. The third kappa shape index (κ3) is 3.39. The summed E-state index contributed by atoms with van der Waals surface area (Å²) in [6, 6.07) is 1.10. The van der Waals surface area contributed by atoms with Gasteiger partial charge in [0.25, 0.3) is 0 Å². The summed E-state index contributed by atoms with van der Waals surface area (Å²) in [4.78, 5) is -0.741. The van der Waals surface area contributed by atoms with Gasteiger partial charge in [-0.1, -0.05) is 18.2 Å². The quantitative estimate of drug-likeness (QED) is 0.824. The molecule has 0 aliphatic heterocycles. The van der Waals surface area contributed by atoms with Gasteiger partial charge in [-0.3, -0.25) is 0 Å². The van der Waals surface area contributed by atoms with E-state index in [-0.39, 0.29) is 11.6 Å². The summed E-state index contributed by atoms with van der Waals surface area (Å²) in [5, 5.41) is 0.0315. The van der Waals surface area contributed by atoms with Crippen LogP contribution in [0, 0.1) is 11.6 Å². The Bertz CT molecular complexity index is 560. The Hall–Kier alpha value is -1.18. The highest BCUT2D eigenvalue weighted by molar-refractivity contribution is 7.89. The second-order valence-corrected chi connectivity index (χ2v) is 5.42. The van der Waals surface area contributed by atoms with Gasteiger partial charge in [-0.15, -0.1) is 0 Å². The van der Waals surface area contributed by atoms with Crippen molar-refractivity contribution in [2.45, 2.75) is 4.90 Å². The van der Waals surface area contributed by atoms with Crippen molar-refractivity contribution in [3.63, 3.8) is 0 Å². The monoisotopic (exact) mass is 282 g/mol. The largest absolute Gasteiger partial charge is 0.396 e. The number of nitrogen functional groups attached to an aromatic ring is 1. The molecule has 0 fully saturated rings. The fraction of sp³-hybridized carbons (Fsp3) is 0.111. The molecule has 0 unspecified atom stereocenters. The third-order valence-electron chi connectivity index (χ3n) is 1.79. The van der Waals surface area contributed by atoms with Crippen molar-refractivity contribution in [3.8, 4) is 0 Å². The zero-order valence-electron chi connectivity index (χ0n) is 8.50. The maximum absolute atomic E-state index is 13.3. The van der Waals surface area contributed by atoms with E-state index in [1.54, 1.807) is 0 Å². The van der Waals surface area contributed by atoms with Crippen molar-refractivity contribution < 1.29 is 17.2 Å². The van der Waals surface area contributed by atoms with Gasteiger partial charge < -0.3 is 5.73 Å². The maximum atomic E-state index is 13.3. The van der Waals surface area contributed by atoms with Crippen molar-refractivity contribution in [1.82, 2.24) is 4.72 Å². The molecule has 0 saturated carbocycles. The first-order chi connectivity index (χ1) is 7.74. The van der Waals surface area contributed by atoms with Crippen molar-refractivity contribution in [2.75, 3.05) is 12.3 Å². The van der Waals surface area contributed by atoms with Crippen LogP contribution in [0.3, 0.4) is 0 Å². The molecule has 0 atom stereocenters. The van der Waals surface area contributed by atoms with E-state index in [1.165, 1.54) is 0 Å². The Morgan fingerprint density at radius 1 is 1.41 bits per heavy atom. The molecule has 0 aliphatic carbocycles. The number of anilines is 1. The van der Waals surface area contributed by atoms with Gasteiger partial charge in [0.15, 0.2) is 0 Å². The number of nitrogens with two attached hydrogens (primary N) is 1. The normalized spacial score (nSPS) is 11.5. The van der Waals surface area contributed by atoms with Crippen LogP contribution in [0.5, 0.6) is 0 Å². The Labute approximate surface area is 102 Å². The van der Waals surface area contributed by atoms with E-state index in [0.717, 1.165) is 0 Å². The summed E-state index contributed by atoms with van der Waals surface area (Å²) >= 11 is 5.37. The number of hydrogen-bond acceptors (Lipinski definition) is 3. The molecule has 1 aromatic rings. The number of hydrogen-bond donors (Lipinski definition) is 2. The van der Waals surface area contributed by atoms with Crippen molar-refractivity contribution in [1.29, 1.82) is 0 Å². The van der Waals surface area contributed by atoms with Gasteiger partial charge in [-0.2, -0.15) is 0 Å². The number of halogens is 3. The molecule has 0 heterocycles. The van der Waals surface area contributed by atoms with Crippen LogP contribution in [0.1, 0.15) is 0 Å². The zero-order valence-corrected chi connectivity index (χ0v) is 10.1. The summed E-state index contributed by atoms with van der Waals surface area (Å²) in [6.45, 7) is 3.00. The Balaban J connectivity index is 3.15. The highest BCUT2D eigenvalue weighted by Gasteiger charge is 2.20. The first-order valence-electron chi connectivity index (χ1n) is 4.31. The molecule has 8 heteroatoms. The lowest BCUT2D eigenvalue weighted by molar-refractivity contribution is 0.546. The smallest absolute Gasteiger partial charge is 0.243 e. The average molecular weight is 283 g/mol. The number of sulfonamides is 1. The van der Waals surface area contributed by atoms with Gasteiger partial charge in [0.1, 0.15) is 16.5 Å². The number of rotatable bonds is 4. The lowest BCUT2D eigenvalue weighted by atomic mass is 10.3. The van der Waals surface area contributed by atoms with Crippen LogP contribution in [0.2, 0.25) is 0 Å². The Kier molecular flexibility index (Phi) is 4.07. The molecule has 4 nitrogen and oxygen atoms in total. The highest BCUT2D eigenvalue weighted by Crippen LogP contribution is 2.20. The highest BCUT2D eigenvalue weighted by atomic mass is 35.5. The van der Waals surface area contributed by atoms with Crippen molar-refractivity contribution in [2.24, 2.45) is 0 Å². The van der Waals surface area contributed by atoms with Crippen LogP contribution in [0.15, 0.2) is 28.6 Å². The van der Waals surface area contributed by atoms with Gasteiger partial charge >= 0.3 is 0 Å². The molecule has 0 spiro atoms. The molecule has 0 aromatic heterocycles. The van der Waals surface area contributed by atoms with Gasteiger partial charge in [0, 0.05) is 17.6 Å². The first-order valence-corrected chi connectivity index (χ1v) is 6.17. The second kappa shape index (κ2) is 4.99. The van der Waals surface area contributed by atoms with Gasteiger partial charge in [0.2, 0.25) is 10.0 Å². The zero-order chi connectivity index (χ0) is 13.2. The average Bonchev–Trinajstić information content (AvgIpc) is 2.20. The first kappa shape index (κ1) is 13.9. The molecule has 0 saturated heterocycles. The molecule has 0 bridgehead atoms. The minimum atomic E-state index is -4.14. The summed E-state index contributed by atoms with van der Waals surface area (Å²) in [7, 11) is -4.14. The van der Waals surface area contributed by atoms with E-state index < -0.39 is 32.2 Å². The van der Waals surface area contributed by atoms with Crippen LogP contribution >= 0.6 is 11.6 Å². The Morgan fingerprint density at radius 2 is 2.00 bits per heavy atom. The molecular formula is C9H9ClF2N2O2S. The van der Waals surface area contributed by atoms with Gasteiger partial charge in [0.05, 0.1) is 5.69 Å². The van der Waals surface area contributed by atoms with E-state index >= 15 is 0 Å². The summed E-state index contributed by atoms with van der Waals surface area (Å²) in [5.74, 6) is -2.26. The fourth-order valence-electron chi connectivity index (χ4n) is 1.00. The molecule has 1 rings (SSSR count). The van der Waals surface area contributed by atoms with E-state index in [1.807, 2.05) is 4.72 Å². The minimum absolute atomic E-state index is 0.0315. The lowest BCUT2D eigenvalue weighted by Gasteiger charge is -2.08. The van der Waals surface area contributed by atoms with E-state index in [4.69, 9.17) is 17.3 Å². The van der Waals surface area contributed by atoms with E-state index in [2.05, 4.69) is 6.58 Å². The predicted octanol–water partition coefficient (Wildman–Crippen LogP) is 1.58. The Morgan fingerprint density at radius 3 is 2.53 bits per heavy atom. The maximum Gasteiger partial charge on any atom is 0.243 e. The summed E-state index contributed by atoms with van der Waals surface area (Å²) < 4.78 is 51.3. The molecular weight excluding hydrogens is 274 g/mol. The topological polar surface area (TPSA) is 72.2 Å². The molecule has 3 N–H and O–H groups in total. The predicted molar refractivity (Wildman–Crippen MR) is 61.0 cm³/mol. The van der Waals surface area contributed by atoms with Gasteiger partial charge in [-0.25, -0.2) is 21.9 Å². The molecule has 1 aromatic carbocycles. The number of benzene rings is 1. The summed E-state index contributed by atoms with van der Waals surface area (Å²) in [5.41, 5.74) is 4.70. The van der Waals surface area contributed by atoms with Crippen LogP contribution in [0.4, 0.5) is 14.5 Å². The molecule has 0 aliphatic rings. The molecule has 17 heavy (non-hydrogen) atoms. The number of nitrogens with one attached hydrogen (secondary N) is 1. The van der Waals surface area contributed by atoms with E-state index in [9.17, 15) is 17.2 Å². The van der Waals surface area contributed by atoms with Crippen molar-refractivity contribution in [3.05, 3.63) is 35.4 Å². The van der Waals surface area contributed by atoms with Crippen LogP contribution in [-0.2, 0) is 10.0 Å². The van der Waals surface area contributed by atoms with Gasteiger partial charge in [-0.05, 0) is 6.07 Å². The standard InChI is InChI=1S/C9H9ClF2N2O2S/c1-5(10)4-14-17(15,16)9-3-8(13)6(11)2-7(9)12/h2-3,14H,1,4,13H2. The van der Waals surface area contributed by atoms with Crippen molar-refractivity contribution >= 4 is 27.3 Å². The van der Waals surface area contributed by atoms with Crippen LogP contribution < -0.4 is 10.5 Å². The summed E-state index contributed by atoms with van der Waals surface area (Å²) in [6.07, 6.45) is 0. The second-order valence-electron chi connectivity index (χ2n) is 3.15. The molecule has 0 radical (unpaired) electrons. The fourth-order valence-corrected chi connectivity index (χ4v) is 2.27. The van der Waals surface area contributed by atoms with Crippen LogP contribution in [0.25, 0.3) is 0 Å². The van der Waals surface area contributed by atoms with E-state index in [0.29, 0.717) is 12.1 Å². The van der Waals surface area contributed by atoms with Crippen LogP contribution in [-0.4, -0.2) is 15.0 Å². The molecule has 94 valence electrons. The minimum Gasteiger partial charge on any atom is -0.396 e. The third-order valence-corrected chi connectivity index (χ3v) is 3.34.